The van der Waals surface area contributed by atoms with Crippen molar-refractivity contribution in [1.29, 1.82) is 0 Å². The summed E-state index contributed by atoms with van der Waals surface area (Å²) in [6, 6.07) is 1.04. The molecule has 0 unspecified atom stereocenters. The van der Waals surface area contributed by atoms with Crippen LogP contribution in [0.2, 0.25) is 5.02 Å². The molecule has 1 aromatic heterocycles. The van der Waals surface area contributed by atoms with Gasteiger partial charge in [0, 0.05) is 12.3 Å². The molecule has 14 heavy (non-hydrogen) atoms. The topological polar surface area (TPSA) is 22.1 Å². The molecule has 0 fully saturated rings. The summed E-state index contributed by atoms with van der Waals surface area (Å²) in [6.45, 7) is 0. The van der Waals surface area contributed by atoms with Gasteiger partial charge in [0.15, 0.2) is 5.75 Å². The van der Waals surface area contributed by atoms with Crippen LogP contribution in [0.5, 0.6) is 5.75 Å². The molecule has 2 nitrogen and oxygen atoms in total. The lowest BCUT2D eigenvalue weighted by atomic mass is 10.3. The minimum atomic E-state index is -4.77. The van der Waals surface area contributed by atoms with E-state index in [2.05, 4.69) is 9.72 Å². The van der Waals surface area contributed by atoms with Crippen LogP contribution in [-0.4, -0.2) is 11.3 Å². The zero-order valence-corrected chi connectivity index (χ0v) is 8.12. The average Bonchev–Trinajstić information content (AvgIpc) is 2.06. The van der Waals surface area contributed by atoms with Crippen LogP contribution < -0.4 is 4.74 Å². The van der Waals surface area contributed by atoms with Crippen LogP contribution in [0.25, 0.3) is 0 Å². The second kappa shape index (κ2) is 4.23. The smallest absolute Gasteiger partial charge is 0.404 e. The van der Waals surface area contributed by atoms with Gasteiger partial charge in [0.05, 0.1) is 11.6 Å². The molecule has 0 radical (unpaired) electrons. The highest BCUT2D eigenvalue weighted by Gasteiger charge is 2.32. The van der Waals surface area contributed by atoms with Gasteiger partial charge in [-0.25, -0.2) is 0 Å². The van der Waals surface area contributed by atoms with Gasteiger partial charge < -0.3 is 4.74 Å². The van der Waals surface area contributed by atoms with Gasteiger partial charge >= 0.3 is 6.36 Å². The Kier molecular flexibility index (Phi) is 3.44. The number of ether oxygens (including phenoxy) is 1. The van der Waals surface area contributed by atoms with Gasteiger partial charge in [-0.1, -0.05) is 11.6 Å². The van der Waals surface area contributed by atoms with Crippen LogP contribution >= 0.6 is 23.2 Å². The normalized spacial score (nSPS) is 11.5. The predicted molar refractivity (Wildman–Crippen MR) is 45.5 cm³/mol. The molecule has 0 atom stereocenters. The van der Waals surface area contributed by atoms with E-state index in [1.165, 1.54) is 0 Å². The van der Waals surface area contributed by atoms with E-state index in [0.29, 0.717) is 0 Å². The maximum Gasteiger partial charge on any atom is 0.573 e. The fraction of sp³-hybridized carbons (Fsp3) is 0.286. The number of alkyl halides is 4. The number of hydrogen-bond donors (Lipinski definition) is 0. The summed E-state index contributed by atoms with van der Waals surface area (Å²) < 4.78 is 39.1. The average molecular weight is 246 g/mol. The van der Waals surface area contributed by atoms with Crippen molar-refractivity contribution in [3.05, 3.63) is 23.0 Å². The molecule has 0 bridgehead atoms. The summed E-state index contributed by atoms with van der Waals surface area (Å²) in [7, 11) is 0. The molecule has 0 aliphatic rings. The minimum Gasteiger partial charge on any atom is -0.404 e. The molecule has 1 rings (SSSR count). The highest BCUT2D eigenvalue weighted by Crippen LogP contribution is 2.30. The molecule has 0 amide bonds. The van der Waals surface area contributed by atoms with Crippen molar-refractivity contribution in [1.82, 2.24) is 4.98 Å². The number of aromatic nitrogens is 1. The Morgan fingerprint density at radius 1 is 1.43 bits per heavy atom. The summed E-state index contributed by atoms with van der Waals surface area (Å²) >= 11 is 10.8. The number of halogens is 5. The molecule has 7 heteroatoms. The number of rotatable bonds is 2. The van der Waals surface area contributed by atoms with Gasteiger partial charge in [0.25, 0.3) is 0 Å². The Morgan fingerprint density at radius 3 is 2.57 bits per heavy atom. The quantitative estimate of drug-likeness (QED) is 0.746. The van der Waals surface area contributed by atoms with Gasteiger partial charge in [-0.05, 0) is 0 Å². The second-order valence-electron chi connectivity index (χ2n) is 2.29. The molecule has 0 N–H and O–H groups in total. The summed E-state index contributed by atoms with van der Waals surface area (Å²) in [5.74, 6) is -0.504. The first-order valence-electron chi connectivity index (χ1n) is 3.38. The van der Waals surface area contributed by atoms with Crippen LogP contribution in [0.3, 0.4) is 0 Å². The van der Waals surface area contributed by atoms with E-state index in [0.717, 1.165) is 12.3 Å². The molecule has 0 saturated carbocycles. The first-order valence-corrected chi connectivity index (χ1v) is 4.30. The summed E-state index contributed by atoms with van der Waals surface area (Å²) in [4.78, 5) is 3.68. The highest BCUT2D eigenvalue weighted by molar-refractivity contribution is 6.31. The first kappa shape index (κ1) is 11.4. The van der Waals surface area contributed by atoms with Crippen LogP contribution in [0.4, 0.5) is 13.2 Å². The Hall–Kier alpha value is -0.680. The van der Waals surface area contributed by atoms with Crippen molar-refractivity contribution in [2.24, 2.45) is 0 Å². The predicted octanol–water partition coefficient (Wildman–Crippen LogP) is 3.37. The third kappa shape index (κ3) is 3.23. The van der Waals surface area contributed by atoms with Crippen molar-refractivity contribution in [3.8, 4) is 5.75 Å². The fourth-order valence-electron chi connectivity index (χ4n) is 0.737. The molecular weight excluding hydrogens is 242 g/mol. The largest absolute Gasteiger partial charge is 0.573 e. The van der Waals surface area contributed by atoms with E-state index in [1.54, 1.807) is 0 Å². The summed E-state index contributed by atoms with van der Waals surface area (Å²) in [5, 5.41) is -0.212. The zero-order valence-electron chi connectivity index (χ0n) is 6.61. The summed E-state index contributed by atoms with van der Waals surface area (Å²) in [5.41, 5.74) is 0.260. The Bertz CT molecular complexity index is 329. The van der Waals surface area contributed by atoms with Crippen LogP contribution in [0.15, 0.2) is 12.3 Å². The van der Waals surface area contributed by atoms with E-state index in [-0.39, 0.29) is 16.6 Å². The standard InChI is InChI=1S/C7H4Cl2F3NO/c8-2-4-1-6(5(9)3-13-4)14-7(10,11)12/h1,3H,2H2. The second-order valence-corrected chi connectivity index (χ2v) is 2.96. The van der Waals surface area contributed by atoms with Gasteiger partial charge in [-0.15, -0.1) is 24.8 Å². The van der Waals surface area contributed by atoms with Crippen molar-refractivity contribution >= 4 is 23.2 Å². The Morgan fingerprint density at radius 2 is 2.07 bits per heavy atom. The molecule has 1 heterocycles. The maximum atomic E-state index is 11.8. The first-order chi connectivity index (χ1) is 6.42. The molecule has 0 spiro atoms. The van der Waals surface area contributed by atoms with E-state index >= 15 is 0 Å². The molecule has 78 valence electrons. The lowest BCUT2D eigenvalue weighted by molar-refractivity contribution is -0.274. The molecule has 0 aliphatic carbocycles. The van der Waals surface area contributed by atoms with Crippen molar-refractivity contribution < 1.29 is 17.9 Å². The monoisotopic (exact) mass is 245 g/mol. The molecule has 1 aromatic rings. The lowest BCUT2D eigenvalue weighted by Crippen LogP contribution is -2.17. The van der Waals surface area contributed by atoms with E-state index in [4.69, 9.17) is 23.2 Å². The third-order valence-corrected chi connectivity index (χ3v) is 1.80. The van der Waals surface area contributed by atoms with Crippen LogP contribution in [-0.2, 0) is 5.88 Å². The van der Waals surface area contributed by atoms with Crippen LogP contribution in [0, 0.1) is 0 Å². The fourth-order valence-corrected chi connectivity index (χ4v) is 1.02. The summed E-state index contributed by atoms with van der Waals surface area (Å²) in [6.07, 6.45) is -3.71. The number of hydrogen-bond acceptors (Lipinski definition) is 2. The molecular formula is C7H4Cl2F3NO. The minimum absolute atomic E-state index is 0.00855. The van der Waals surface area contributed by atoms with Crippen molar-refractivity contribution in [3.63, 3.8) is 0 Å². The van der Waals surface area contributed by atoms with Crippen LogP contribution in [0.1, 0.15) is 5.69 Å². The van der Waals surface area contributed by atoms with Crippen molar-refractivity contribution in [2.75, 3.05) is 0 Å². The highest BCUT2D eigenvalue weighted by atomic mass is 35.5. The number of pyridine rings is 1. The molecule has 0 saturated heterocycles. The van der Waals surface area contributed by atoms with Crippen molar-refractivity contribution in [2.45, 2.75) is 12.2 Å². The SMILES string of the molecule is FC(F)(F)Oc1cc(CCl)ncc1Cl. The molecule has 0 aromatic carbocycles. The van der Waals surface area contributed by atoms with E-state index in [1.807, 2.05) is 0 Å². The Labute approximate surface area is 87.6 Å². The number of nitrogens with zero attached hydrogens (tertiary/aromatic N) is 1. The van der Waals surface area contributed by atoms with E-state index < -0.39 is 12.1 Å². The van der Waals surface area contributed by atoms with Gasteiger partial charge in [0.1, 0.15) is 5.02 Å². The zero-order chi connectivity index (χ0) is 10.8. The molecule has 0 aliphatic heterocycles. The van der Waals surface area contributed by atoms with E-state index in [9.17, 15) is 13.2 Å². The van der Waals surface area contributed by atoms with Gasteiger partial charge in [0.2, 0.25) is 0 Å². The Balaban J connectivity index is 2.95. The lowest BCUT2D eigenvalue weighted by Gasteiger charge is -2.10. The van der Waals surface area contributed by atoms with Gasteiger partial charge in [-0.3, -0.25) is 4.98 Å². The maximum absolute atomic E-state index is 11.8. The van der Waals surface area contributed by atoms with Gasteiger partial charge in [-0.2, -0.15) is 0 Å². The third-order valence-electron chi connectivity index (χ3n) is 1.24.